The lowest BCUT2D eigenvalue weighted by Gasteiger charge is -2.40. The smallest absolute Gasteiger partial charge is 0.0913 e. The Hall–Kier alpha value is -0.610. The highest BCUT2D eigenvalue weighted by atomic mass is 127. The van der Waals surface area contributed by atoms with E-state index in [1.54, 1.807) is 0 Å². The molecule has 0 heterocycles. The zero-order valence-corrected chi connectivity index (χ0v) is 17.3. The first kappa shape index (κ1) is 18.7. The lowest BCUT2D eigenvalue weighted by molar-refractivity contribution is 0.181. The van der Waals surface area contributed by atoms with Crippen molar-refractivity contribution in [1.29, 1.82) is 0 Å². The molecule has 0 aliphatic heterocycles. The highest BCUT2D eigenvalue weighted by Crippen LogP contribution is 2.48. The minimum atomic E-state index is -0.451. The first-order valence-electron chi connectivity index (χ1n) is 8.59. The van der Waals surface area contributed by atoms with Crippen LogP contribution in [0.4, 0.5) is 0 Å². The molecule has 0 saturated heterocycles. The van der Waals surface area contributed by atoms with E-state index in [0.717, 1.165) is 0 Å². The van der Waals surface area contributed by atoms with Crippen LogP contribution in [0.15, 0.2) is 36.4 Å². The molecule has 2 atom stereocenters. The quantitative estimate of drug-likeness (QED) is 0.459. The molecule has 0 spiro atoms. The molecule has 0 bridgehead atoms. The largest absolute Gasteiger partial charge is 0.387 e. The average Bonchev–Trinajstić information content (AvgIpc) is 2.49. The van der Waals surface area contributed by atoms with Crippen LogP contribution in [0.5, 0.6) is 0 Å². The van der Waals surface area contributed by atoms with Crippen LogP contribution in [0.25, 0.3) is 5.57 Å². The summed E-state index contributed by atoms with van der Waals surface area (Å²) in [6.45, 7) is 13.4. The van der Waals surface area contributed by atoms with Gasteiger partial charge in [0.2, 0.25) is 0 Å². The molecule has 0 fully saturated rings. The zero-order chi connectivity index (χ0) is 17.4. The first-order valence-corrected chi connectivity index (χ1v) is 9.67. The van der Waals surface area contributed by atoms with E-state index in [9.17, 15) is 5.11 Å². The van der Waals surface area contributed by atoms with Gasteiger partial charge in [-0.2, -0.15) is 0 Å². The van der Waals surface area contributed by atoms with Crippen LogP contribution in [-0.2, 0) is 0 Å². The molecule has 1 aliphatic carbocycles. The van der Waals surface area contributed by atoms with Crippen LogP contribution in [0, 0.1) is 5.92 Å². The summed E-state index contributed by atoms with van der Waals surface area (Å²) in [4.78, 5) is 0. The number of aliphatic hydroxyl groups is 1. The second-order valence-corrected chi connectivity index (χ2v) is 9.27. The Balaban J connectivity index is 2.64. The van der Waals surface area contributed by atoms with Crippen molar-refractivity contribution < 1.29 is 5.11 Å². The van der Waals surface area contributed by atoms with E-state index in [4.69, 9.17) is 0 Å². The lowest BCUT2D eigenvalue weighted by Crippen LogP contribution is -2.42. The van der Waals surface area contributed by atoms with Crippen LogP contribution in [0.3, 0.4) is 0 Å². The van der Waals surface area contributed by atoms with Gasteiger partial charge in [-0.25, -0.2) is 0 Å². The Labute approximate surface area is 155 Å². The number of rotatable bonds is 4. The number of benzene rings is 1. The molecule has 126 valence electrons. The maximum absolute atomic E-state index is 10.7. The maximum atomic E-state index is 10.7. The molecule has 1 N–H and O–H groups in total. The number of hydrogen-bond donors (Lipinski definition) is 1. The van der Waals surface area contributed by atoms with Crippen LogP contribution in [0.2, 0.25) is 0 Å². The van der Waals surface area contributed by atoms with Crippen molar-refractivity contribution in [3.8, 4) is 0 Å². The number of aliphatic hydroxyl groups excluding tert-OH is 1. The number of alkyl halides is 1. The van der Waals surface area contributed by atoms with Gasteiger partial charge in [0.25, 0.3) is 0 Å². The minimum Gasteiger partial charge on any atom is -0.387 e. The molecule has 23 heavy (non-hydrogen) atoms. The fourth-order valence-electron chi connectivity index (χ4n) is 3.30. The van der Waals surface area contributed by atoms with Gasteiger partial charge >= 0.3 is 0 Å². The summed E-state index contributed by atoms with van der Waals surface area (Å²) >= 11 is 2.46. The highest BCUT2D eigenvalue weighted by Gasteiger charge is 2.43. The molecule has 1 nitrogen and oxygen atoms in total. The summed E-state index contributed by atoms with van der Waals surface area (Å²) < 4.78 is -0.282. The summed E-state index contributed by atoms with van der Waals surface area (Å²) in [6.07, 6.45) is 5.65. The first-order chi connectivity index (χ1) is 10.7. The predicted molar refractivity (Wildman–Crippen MR) is 109 cm³/mol. The van der Waals surface area contributed by atoms with Crippen LogP contribution in [-0.4, -0.2) is 14.6 Å². The summed E-state index contributed by atoms with van der Waals surface area (Å²) in [5, 5.41) is 10.7. The van der Waals surface area contributed by atoms with Crippen molar-refractivity contribution in [2.75, 3.05) is 0 Å². The van der Waals surface area contributed by atoms with E-state index >= 15 is 0 Å². The number of allylic oxidation sites excluding steroid dienone is 2. The van der Waals surface area contributed by atoms with Crippen molar-refractivity contribution >= 4 is 28.2 Å². The highest BCUT2D eigenvalue weighted by molar-refractivity contribution is 14.1. The average molecular weight is 424 g/mol. The third kappa shape index (κ3) is 3.43. The van der Waals surface area contributed by atoms with Gasteiger partial charge in [0.05, 0.1) is 9.53 Å². The van der Waals surface area contributed by atoms with E-state index in [2.05, 4.69) is 88.4 Å². The molecule has 1 aromatic carbocycles. The second-order valence-electron chi connectivity index (χ2n) is 7.49. The topological polar surface area (TPSA) is 20.2 Å². The Morgan fingerprint density at radius 1 is 1.04 bits per heavy atom. The second kappa shape index (κ2) is 7.10. The van der Waals surface area contributed by atoms with Gasteiger partial charge in [0.1, 0.15) is 0 Å². The predicted octanol–water partition coefficient (Wildman–Crippen LogP) is 6.08. The third-order valence-electron chi connectivity index (χ3n) is 4.89. The fourth-order valence-corrected chi connectivity index (χ4v) is 3.97. The van der Waals surface area contributed by atoms with Gasteiger partial charge < -0.3 is 5.11 Å². The van der Waals surface area contributed by atoms with Crippen LogP contribution >= 0.6 is 22.6 Å². The SMILES string of the molecule is CC(C)c1ccc(C2=CC=CC(O)C2(I)C(C)C)c(C(C)C)c1. The zero-order valence-electron chi connectivity index (χ0n) is 15.1. The molecule has 1 aromatic rings. The van der Waals surface area contributed by atoms with Gasteiger partial charge in [-0.15, -0.1) is 0 Å². The van der Waals surface area contributed by atoms with Gasteiger partial charge in [0, 0.05) is 0 Å². The normalized spacial score (nSPS) is 24.7. The summed E-state index contributed by atoms with van der Waals surface area (Å²) in [6, 6.07) is 6.86. The molecule has 0 amide bonds. The van der Waals surface area contributed by atoms with E-state index in [1.807, 2.05) is 12.2 Å². The Kier molecular flexibility index (Phi) is 5.78. The molecule has 0 radical (unpaired) electrons. The van der Waals surface area contributed by atoms with Crippen molar-refractivity contribution in [3.63, 3.8) is 0 Å². The van der Waals surface area contributed by atoms with E-state index in [-0.39, 0.29) is 3.42 Å². The van der Waals surface area contributed by atoms with Crippen molar-refractivity contribution in [2.45, 2.75) is 62.9 Å². The van der Waals surface area contributed by atoms with E-state index in [1.165, 1.54) is 22.3 Å². The van der Waals surface area contributed by atoms with Gasteiger partial charge in [0.15, 0.2) is 0 Å². The van der Waals surface area contributed by atoms with Crippen LogP contribution < -0.4 is 0 Å². The minimum absolute atomic E-state index is 0.282. The molecule has 0 saturated carbocycles. The van der Waals surface area contributed by atoms with E-state index < -0.39 is 6.10 Å². The molecular weight excluding hydrogens is 395 g/mol. The molecule has 2 heteroatoms. The lowest BCUT2D eigenvalue weighted by atomic mass is 9.75. The summed E-state index contributed by atoms with van der Waals surface area (Å²) in [5.41, 5.74) is 5.30. The van der Waals surface area contributed by atoms with Gasteiger partial charge in [-0.05, 0) is 40.0 Å². The van der Waals surface area contributed by atoms with Crippen molar-refractivity contribution in [1.82, 2.24) is 0 Å². The third-order valence-corrected chi connectivity index (χ3v) is 7.36. The molecule has 2 unspecified atom stereocenters. The molecule has 1 aliphatic rings. The fraction of sp³-hybridized carbons (Fsp3) is 0.524. The van der Waals surface area contributed by atoms with Crippen molar-refractivity contribution in [2.24, 2.45) is 5.92 Å². The Bertz CT molecular complexity index is 625. The molecule has 0 aromatic heterocycles. The van der Waals surface area contributed by atoms with Gasteiger partial charge in [-0.1, -0.05) is 101 Å². The molecular formula is C21H29IO. The Morgan fingerprint density at radius 3 is 2.22 bits per heavy atom. The number of halogens is 1. The number of hydrogen-bond acceptors (Lipinski definition) is 1. The molecule has 2 rings (SSSR count). The maximum Gasteiger partial charge on any atom is 0.0913 e. The Morgan fingerprint density at radius 2 is 1.70 bits per heavy atom. The summed E-state index contributed by atoms with van der Waals surface area (Å²) in [5.74, 6) is 1.33. The van der Waals surface area contributed by atoms with Gasteiger partial charge in [-0.3, -0.25) is 0 Å². The van der Waals surface area contributed by atoms with E-state index in [0.29, 0.717) is 17.8 Å². The monoisotopic (exact) mass is 424 g/mol. The standard InChI is InChI=1S/C21H29IO/c1-13(2)16-10-11-17(18(12-16)14(3)4)19-8-7-9-20(23)21(19,22)15(5)6/h7-15,20,23H,1-6H3. The van der Waals surface area contributed by atoms with Crippen LogP contribution in [0.1, 0.15) is 70.1 Å². The summed E-state index contributed by atoms with van der Waals surface area (Å²) in [7, 11) is 0. The van der Waals surface area contributed by atoms with Crippen molar-refractivity contribution in [3.05, 3.63) is 53.1 Å².